The largest absolute Gasteiger partial charge is 0.390 e. The molecular formula is C20H30N3O4S2+. The van der Waals surface area contributed by atoms with Crippen molar-refractivity contribution in [3.8, 4) is 0 Å². The van der Waals surface area contributed by atoms with Gasteiger partial charge in [0, 0.05) is 12.4 Å². The van der Waals surface area contributed by atoms with Gasteiger partial charge < -0.3 is 10.2 Å². The number of pyridine rings is 1. The number of hydrogen-bond acceptors (Lipinski definition) is 7. The molecule has 2 heterocycles. The van der Waals surface area contributed by atoms with Gasteiger partial charge in [-0.2, -0.15) is 8.93 Å². The molecule has 0 saturated heterocycles. The first-order chi connectivity index (χ1) is 13.5. The number of primary amides is 1. The Kier molecular flexibility index (Phi) is 7.80. The molecule has 1 unspecified atom stereocenters. The van der Waals surface area contributed by atoms with Crippen LogP contribution in [0.1, 0.15) is 80.8 Å². The summed E-state index contributed by atoms with van der Waals surface area (Å²) in [5.41, 5.74) is 1.98. The number of aromatic nitrogens is 2. The van der Waals surface area contributed by atoms with E-state index in [-0.39, 0.29) is 29.9 Å². The predicted octanol–water partition coefficient (Wildman–Crippen LogP) is 1.86. The average molecular weight is 441 g/mol. The molecule has 2 aromatic rings. The van der Waals surface area contributed by atoms with E-state index >= 15 is 0 Å². The molecule has 0 spiro atoms. The van der Waals surface area contributed by atoms with Crippen molar-refractivity contribution in [3.63, 3.8) is 0 Å². The van der Waals surface area contributed by atoms with Crippen LogP contribution in [-0.2, 0) is 34.4 Å². The highest BCUT2D eigenvalue weighted by atomic mass is 32.2. The van der Waals surface area contributed by atoms with Crippen LogP contribution in [0.3, 0.4) is 0 Å². The van der Waals surface area contributed by atoms with Crippen molar-refractivity contribution < 1.29 is 23.9 Å². The van der Waals surface area contributed by atoms with Crippen LogP contribution in [0.2, 0.25) is 0 Å². The molecule has 0 saturated carbocycles. The molecular weight excluding hydrogens is 410 g/mol. The molecule has 4 N–H and O–H groups in total. The highest BCUT2D eigenvalue weighted by molar-refractivity contribution is 7.81. The molecule has 29 heavy (non-hydrogen) atoms. The summed E-state index contributed by atoms with van der Waals surface area (Å²) in [6.07, 6.45) is 3.72. The summed E-state index contributed by atoms with van der Waals surface area (Å²) >= 11 is 1.05. The highest BCUT2D eigenvalue weighted by Crippen LogP contribution is 2.29. The zero-order valence-corrected chi connectivity index (χ0v) is 19.4. The van der Waals surface area contributed by atoms with Crippen molar-refractivity contribution in [3.05, 3.63) is 39.8 Å². The van der Waals surface area contributed by atoms with E-state index in [0.717, 1.165) is 28.0 Å². The number of quaternary nitrogens is 1. The third-order valence-corrected chi connectivity index (χ3v) is 7.50. The minimum Gasteiger partial charge on any atom is -0.390 e. The summed E-state index contributed by atoms with van der Waals surface area (Å²) in [5, 5.41) is 20.0. The van der Waals surface area contributed by atoms with Crippen molar-refractivity contribution >= 4 is 28.2 Å². The second-order valence-electron chi connectivity index (χ2n) is 8.13. The maximum absolute atomic E-state index is 12.8. The van der Waals surface area contributed by atoms with Gasteiger partial charge in [0.05, 0.1) is 18.7 Å². The van der Waals surface area contributed by atoms with E-state index in [2.05, 4.69) is 37.7 Å². The second-order valence-corrected chi connectivity index (χ2v) is 10.6. The first-order valence-electron chi connectivity index (χ1n) is 9.54. The summed E-state index contributed by atoms with van der Waals surface area (Å²) in [4.78, 5) is 21.2. The topological polar surface area (TPSA) is 117 Å². The van der Waals surface area contributed by atoms with Gasteiger partial charge in [0.25, 0.3) is 11.0 Å². The number of amides is 1. The number of aliphatic hydroxyl groups is 2. The van der Waals surface area contributed by atoms with Crippen LogP contribution >= 0.6 is 11.3 Å². The molecule has 9 heteroatoms. The van der Waals surface area contributed by atoms with E-state index in [1.807, 2.05) is 0 Å². The molecule has 2 rings (SSSR count). The first kappa shape index (κ1) is 23.8. The van der Waals surface area contributed by atoms with Crippen LogP contribution < -0.4 is 4.72 Å². The molecule has 0 aliphatic carbocycles. The lowest BCUT2D eigenvalue weighted by atomic mass is 9.89. The molecule has 1 atom stereocenters. The Hall–Kier alpha value is -1.52. The van der Waals surface area contributed by atoms with E-state index < -0.39 is 23.2 Å². The molecule has 0 aliphatic heterocycles. The Balaban J connectivity index is 2.27. The van der Waals surface area contributed by atoms with E-state index in [1.165, 1.54) is 4.72 Å². The fourth-order valence-electron chi connectivity index (χ4n) is 2.96. The van der Waals surface area contributed by atoms with Crippen LogP contribution in [-0.4, -0.2) is 30.3 Å². The van der Waals surface area contributed by atoms with Crippen molar-refractivity contribution in [2.75, 3.05) is 0 Å². The second kappa shape index (κ2) is 9.53. The van der Waals surface area contributed by atoms with Gasteiger partial charge in [0.1, 0.15) is 10.6 Å². The zero-order chi connectivity index (χ0) is 21.9. The third-order valence-electron chi connectivity index (χ3n) is 4.48. The van der Waals surface area contributed by atoms with Gasteiger partial charge in [-0.25, -0.2) is 9.78 Å². The fourth-order valence-corrected chi connectivity index (χ4v) is 5.26. The zero-order valence-electron chi connectivity index (χ0n) is 17.7. The van der Waals surface area contributed by atoms with Gasteiger partial charge in [-0.1, -0.05) is 27.7 Å². The highest BCUT2D eigenvalue weighted by Gasteiger charge is 2.29. The summed E-state index contributed by atoms with van der Waals surface area (Å²) < 4.78 is 14.3. The monoisotopic (exact) mass is 440 g/mol. The summed E-state index contributed by atoms with van der Waals surface area (Å²) in [6.45, 7) is 11.0. The number of rotatable bonds is 8. The minimum absolute atomic E-state index is 0.140. The van der Waals surface area contributed by atoms with E-state index in [0.29, 0.717) is 9.22 Å². The number of nitrogens with two attached hydrogens (primary N) is 1. The van der Waals surface area contributed by atoms with Gasteiger partial charge in [-0.3, -0.25) is 4.98 Å². The molecule has 1 amide bonds. The maximum atomic E-state index is 12.8. The van der Waals surface area contributed by atoms with Gasteiger partial charge >= 0.3 is 5.91 Å². The Bertz CT molecular complexity index is 875. The van der Waals surface area contributed by atoms with Crippen LogP contribution in [0.25, 0.3) is 0 Å². The number of carbonyl (C=O) groups is 1. The minimum atomic E-state index is -1.75. The summed E-state index contributed by atoms with van der Waals surface area (Å²) in [7, 11) is -1.75. The number of nitrogens with zero attached hydrogens (tertiary/aromatic N) is 2. The lowest BCUT2D eigenvalue weighted by Crippen LogP contribution is -2.88. The maximum Gasteiger partial charge on any atom is 0.328 e. The Morgan fingerprint density at radius 2 is 1.76 bits per heavy atom. The molecule has 0 aromatic carbocycles. The Labute approximate surface area is 178 Å². The lowest BCUT2D eigenvalue weighted by molar-refractivity contribution is -0.405. The number of hydrogen-bond donors (Lipinski definition) is 3. The molecule has 0 fully saturated rings. The number of thiazole rings is 1. The van der Waals surface area contributed by atoms with Crippen molar-refractivity contribution in [2.24, 2.45) is 0 Å². The van der Waals surface area contributed by atoms with E-state index in [4.69, 9.17) is 0 Å². The number of aliphatic hydroxyl groups excluding tert-OH is 1. The smallest absolute Gasteiger partial charge is 0.328 e. The predicted molar refractivity (Wildman–Crippen MR) is 113 cm³/mol. The molecule has 0 bridgehead atoms. The van der Waals surface area contributed by atoms with Crippen LogP contribution in [0, 0.1) is 0 Å². The Morgan fingerprint density at radius 1 is 1.21 bits per heavy atom. The molecule has 7 nitrogen and oxygen atoms in total. The molecule has 2 aromatic heterocycles. The molecule has 0 aliphatic rings. The standard InChI is InChI=1S/C20H29N3O4S2/c1-11(2)14-8-21-9-15(12(3)4)13(14)7-17(25)23-29(27)18-16(10-24)22-19(28-18)20(5,6)26/h8-9,11-12,24,26H,7,10H2,1-6H3,(H,23,25)/p+1. The van der Waals surface area contributed by atoms with Gasteiger partial charge in [0.15, 0.2) is 4.21 Å². The van der Waals surface area contributed by atoms with Crippen LogP contribution in [0.4, 0.5) is 0 Å². The van der Waals surface area contributed by atoms with Crippen LogP contribution in [0.15, 0.2) is 16.6 Å². The van der Waals surface area contributed by atoms with Gasteiger partial charge in [0.2, 0.25) is 0 Å². The Morgan fingerprint density at radius 3 is 2.21 bits per heavy atom. The average Bonchev–Trinajstić information content (AvgIpc) is 3.06. The van der Waals surface area contributed by atoms with Crippen molar-refractivity contribution in [1.82, 2.24) is 9.97 Å². The normalized spacial score (nSPS) is 13.3. The van der Waals surface area contributed by atoms with Gasteiger partial charge in [-0.15, -0.1) is 11.3 Å². The SMILES string of the molecule is CC(C)c1cncc(C(C)C)c1CC(=O)[NH2+]S(=O)c1sc(C(C)(C)O)nc1CO. The fraction of sp³-hybridized carbons (Fsp3) is 0.550. The summed E-state index contributed by atoms with van der Waals surface area (Å²) in [6, 6.07) is 0. The molecule has 160 valence electrons. The van der Waals surface area contributed by atoms with E-state index in [1.54, 1.807) is 26.2 Å². The van der Waals surface area contributed by atoms with Gasteiger partial charge in [-0.05, 0) is 42.4 Å². The molecule has 0 radical (unpaired) electrons. The van der Waals surface area contributed by atoms with Crippen LogP contribution in [0.5, 0.6) is 0 Å². The third kappa shape index (κ3) is 5.76. The summed E-state index contributed by atoms with van der Waals surface area (Å²) in [5.74, 6) is 0.165. The van der Waals surface area contributed by atoms with Crippen molar-refractivity contribution in [2.45, 2.75) is 76.2 Å². The quantitative estimate of drug-likeness (QED) is 0.577. The number of carbonyl (C=O) groups excluding carboxylic acids is 1. The lowest BCUT2D eigenvalue weighted by Gasteiger charge is -2.17. The van der Waals surface area contributed by atoms with Crippen molar-refractivity contribution in [1.29, 1.82) is 0 Å². The first-order valence-corrected chi connectivity index (χ1v) is 11.6. The van der Waals surface area contributed by atoms with E-state index in [9.17, 15) is 19.2 Å².